The molecule has 0 radical (unpaired) electrons. The van der Waals surface area contributed by atoms with Crippen LogP contribution >= 0.6 is 12.4 Å². The van der Waals surface area contributed by atoms with Crippen LogP contribution in [0.15, 0.2) is 22.7 Å². The number of aryl methyl sites for hydroxylation is 1. The van der Waals surface area contributed by atoms with E-state index in [1.165, 1.54) is 25.7 Å². The molecular weight excluding hydrogens is 479 g/mol. The number of hydrogen-bond acceptors (Lipinski definition) is 4. The van der Waals surface area contributed by atoms with E-state index in [1.807, 2.05) is 0 Å². The highest BCUT2D eigenvalue weighted by Gasteiger charge is 2.34. The Morgan fingerprint density at radius 3 is 2.49 bits per heavy atom. The minimum Gasteiger partial charge on any atom is -0.370 e. The molecule has 10 heteroatoms. The molecule has 3 rings (SSSR count). The molecule has 1 aromatic heterocycles. The molecule has 6 nitrogen and oxygen atoms in total. The molecule has 1 aromatic carbocycles. The van der Waals surface area contributed by atoms with Gasteiger partial charge in [0.05, 0.1) is 11.5 Å². The van der Waals surface area contributed by atoms with Gasteiger partial charge < -0.3 is 15.2 Å². The molecule has 0 aliphatic carbocycles. The maximum atomic E-state index is 13.8. The molecule has 0 amide bonds. The number of likely N-dealkylation sites (tertiary alicyclic amines) is 1. The van der Waals surface area contributed by atoms with E-state index in [0.717, 1.165) is 44.6 Å². The van der Waals surface area contributed by atoms with Crippen LogP contribution in [0.4, 0.5) is 13.2 Å². The summed E-state index contributed by atoms with van der Waals surface area (Å²) in [5, 5.41) is 11.6. The lowest BCUT2D eigenvalue weighted by Gasteiger charge is -2.30. The van der Waals surface area contributed by atoms with Crippen molar-refractivity contribution in [2.75, 3.05) is 13.1 Å². The van der Waals surface area contributed by atoms with Crippen LogP contribution in [0.25, 0.3) is 11.4 Å². The van der Waals surface area contributed by atoms with Crippen molar-refractivity contribution in [3.8, 4) is 11.4 Å². The molecule has 2 heterocycles. The number of nitrogens with two attached hydrogens (primary N) is 1. The lowest BCUT2D eigenvalue weighted by atomic mass is 9.97. The fourth-order valence-corrected chi connectivity index (χ4v) is 4.56. The quantitative estimate of drug-likeness (QED) is 0.192. The first kappa shape index (κ1) is 28.9. The van der Waals surface area contributed by atoms with Gasteiger partial charge in [0, 0.05) is 18.7 Å². The van der Waals surface area contributed by atoms with E-state index in [9.17, 15) is 13.2 Å². The van der Waals surface area contributed by atoms with Crippen molar-refractivity contribution in [1.29, 1.82) is 5.41 Å². The lowest BCUT2D eigenvalue weighted by molar-refractivity contribution is -0.138. The Balaban J connectivity index is 0.00000432. The first-order chi connectivity index (χ1) is 16.3. The molecule has 196 valence electrons. The van der Waals surface area contributed by atoms with Gasteiger partial charge in [-0.3, -0.25) is 5.41 Å². The fraction of sp³-hybridized carbons (Fsp3) is 0.640. The average molecular weight is 516 g/mol. The molecule has 0 unspecified atom stereocenters. The minimum absolute atomic E-state index is 0. The highest BCUT2D eigenvalue weighted by molar-refractivity contribution is 5.85. The Kier molecular flexibility index (Phi) is 11.3. The van der Waals surface area contributed by atoms with Gasteiger partial charge in [-0.2, -0.15) is 18.2 Å². The van der Waals surface area contributed by atoms with Crippen molar-refractivity contribution in [2.24, 2.45) is 5.73 Å². The molecule has 1 aliphatic heterocycles. The molecule has 2 aromatic rings. The van der Waals surface area contributed by atoms with Crippen molar-refractivity contribution in [2.45, 2.75) is 89.6 Å². The summed E-state index contributed by atoms with van der Waals surface area (Å²) < 4.78 is 46.8. The van der Waals surface area contributed by atoms with Gasteiger partial charge in [0.2, 0.25) is 11.7 Å². The Morgan fingerprint density at radius 1 is 1.14 bits per heavy atom. The van der Waals surface area contributed by atoms with Crippen LogP contribution < -0.4 is 5.73 Å². The number of rotatable bonds is 11. The van der Waals surface area contributed by atoms with Crippen molar-refractivity contribution in [1.82, 2.24) is 15.0 Å². The topological polar surface area (TPSA) is 92.0 Å². The molecule has 1 saturated heterocycles. The van der Waals surface area contributed by atoms with Gasteiger partial charge in [-0.25, -0.2) is 0 Å². The van der Waals surface area contributed by atoms with Gasteiger partial charge in [-0.15, -0.1) is 12.4 Å². The molecule has 1 fully saturated rings. The largest absolute Gasteiger partial charge is 0.416 e. The Bertz CT molecular complexity index is 934. The summed E-state index contributed by atoms with van der Waals surface area (Å²) in [5.41, 5.74) is 5.57. The van der Waals surface area contributed by atoms with E-state index >= 15 is 0 Å². The third-order valence-corrected chi connectivity index (χ3v) is 6.53. The molecule has 0 spiro atoms. The third kappa shape index (κ3) is 8.40. The standard InChI is InChI=1S/C25H36F3N5O.ClH/c1-2-3-4-5-6-7-8-9-11-18-13-14-19(16-21(18)25(26,27)28)22-31-23(34-32-22)20-12-10-15-33(17-20)24(29)30;/h13-14,16,20H,2-12,15,17H2,1H3,(H3,29,30);1H/t20-;/m1./s1. The number of hydrogen-bond donors (Lipinski definition) is 2. The van der Waals surface area contributed by atoms with Crippen LogP contribution in [0.3, 0.4) is 0 Å². The zero-order valence-corrected chi connectivity index (χ0v) is 21.2. The van der Waals surface area contributed by atoms with Crippen molar-refractivity contribution >= 4 is 18.4 Å². The molecule has 1 aliphatic rings. The van der Waals surface area contributed by atoms with Gasteiger partial charge in [0.1, 0.15) is 0 Å². The van der Waals surface area contributed by atoms with Crippen LogP contribution in [-0.2, 0) is 12.6 Å². The van der Waals surface area contributed by atoms with Gasteiger partial charge >= 0.3 is 6.18 Å². The maximum absolute atomic E-state index is 13.8. The lowest BCUT2D eigenvalue weighted by Crippen LogP contribution is -2.42. The maximum Gasteiger partial charge on any atom is 0.416 e. The third-order valence-electron chi connectivity index (χ3n) is 6.53. The van der Waals surface area contributed by atoms with Gasteiger partial charge in [0.25, 0.3) is 0 Å². The Morgan fingerprint density at radius 2 is 1.83 bits per heavy atom. The zero-order chi connectivity index (χ0) is 24.6. The van der Waals surface area contributed by atoms with Gasteiger partial charge in [-0.1, -0.05) is 69.2 Å². The van der Waals surface area contributed by atoms with Gasteiger partial charge in [0.15, 0.2) is 5.96 Å². The second-order valence-electron chi connectivity index (χ2n) is 9.22. The number of nitrogens with one attached hydrogen (secondary N) is 1. The number of benzene rings is 1. The molecule has 3 N–H and O–H groups in total. The summed E-state index contributed by atoms with van der Waals surface area (Å²) in [4.78, 5) is 6.12. The summed E-state index contributed by atoms with van der Waals surface area (Å²) in [6.07, 6.45) is 6.40. The highest BCUT2D eigenvalue weighted by atomic mass is 35.5. The van der Waals surface area contributed by atoms with Crippen LogP contribution in [-0.4, -0.2) is 34.1 Å². The molecule has 0 bridgehead atoms. The monoisotopic (exact) mass is 515 g/mol. The summed E-state index contributed by atoms with van der Waals surface area (Å²) in [6, 6.07) is 4.33. The number of aromatic nitrogens is 2. The Labute approximate surface area is 211 Å². The van der Waals surface area contributed by atoms with Crippen LogP contribution in [0.2, 0.25) is 0 Å². The number of alkyl halides is 3. The SMILES string of the molecule is CCCCCCCCCCc1ccc(-c2noc([C@@H]3CCCN(C(=N)N)C3)n2)cc1C(F)(F)F.Cl. The van der Waals surface area contributed by atoms with Gasteiger partial charge in [-0.05, 0) is 37.3 Å². The van der Waals surface area contributed by atoms with E-state index in [0.29, 0.717) is 36.5 Å². The van der Waals surface area contributed by atoms with Crippen LogP contribution in [0.5, 0.6) is 0 Å². The number of piperidine rings is 1. The second-order valence-corrected chi connectivity index (χ2v) is 9.22. The summed E-state index contributed by atoms with van der Waals surface area (Å²) in [6.45, 7) is 3.37. The first-order valence-corrected chi connectivity index (χ1v) is 12.4. The first-order valence-electron chi connectivity index (χ1n) is 12.4. The highest BCUT2D eigenvalue weighted by Crippen LogP contribution is 2.36. The van der Waals surface area contributed by atoms with E-state index < -0.39 is 11.7 Å². The van der Waals surface area contributed by atoms with Crippen LogP contribution in [0.1, 0.15) is 94.1 Å². The fourth-order valence-electron chi connectivity index (χ4n) is 4.56. The molecule has 0 saturated carbocycles. The number of guanidine groups is 1. The smallest absolute Gasteiger partial charge is 0.370 e. The van der Waals surface area contributed by atoms with Crippen molar-refractivity contribution in [3.05, 3.63) is 35.2 Å². The molecule has 1 atom stereocenters. The van der Waals surface area contributed by atoms with E-state index in [-0.39, 0.29) is 30.1 Å². The van der Waals surface area contributed by atoms with Crippen LogP contribution in [0, 0.1) is 5.41 Å². The molecule has 35 heavy (non-hydrogen) atoms. The zero-order valence-electron chi connectivity index (χ0n) is 20.4. The Hall–Kier alpha value is -2.29. The number of halogens is 4. The predicted octanol–water partition coefficient (Wildman–Crippen LogP) is 6.93. The summed E-state index contributed by atoms with van der Waals surface area (Å²) >= 11 is 0. The summed E-state index contributed by atoms with van der Waals surface area (Å²) in [7, 11) is 0. The summed E-state index contributed by atoms with van der Waals surface area (Å²) in [5.74, 6) is 0.421. The average Bonchev–Trinajstić information content (AvgIpc) is 3.31. The van der Waals surface area contributed by atoms with E-state index in [1.54, 1.807) is 17.0 Å². The number of nitrogens with zero attached hydrogens (tertiary/aromatic N) is 3. The van der Waals surface area contributed by atoms with Crippen molar-refractivity contribution in [3.63, 3.8) is 0 Å². The van der Waals surface area contributed by atoms with E-state index in [4.69, 9.17) is 15.7 Å². The van der Waals surface area contributed by atoms with E-state index in [2.05, 4.69) is 17.1 Å². The predicted molar refractivity (Wildman–Crippen MR) is 134 cm³/mol. The molecular formula is C25H37ClF3N5O. The normalized spacial score (nSPS) is 16.2. The number of unbranched alkanes of at least 4 members (excludes halogenated alkanes) is 7. The minimum atomic E-state index is -4.44. The van der Waals surface area contributed by atoms with Crippen molar-refractivity contribution < 1.29 is 17.7 Å². The second kappa shape index (κ2) is 13.7.